The molecule has 0 aliphatic heterocycles. The van der Waals surface area contributed by atoms with Crippen molar-refractivity contribution >= 4 is 11.9 Å². The molecule has 0 bridgehead atoms. The molecule has 0 aromatic carbocycles. The average Bonchev–Trinajstić information content (AvgIpc) is 2.88. The van der Waals surface area contributed by atoms with E-state index >= 15 is 0 Å². The Morgan fingerprint density at radius 2 is 2.11 bits per heavy atom. The number of hydrogen-bond donors (Lipinski definition) is 4. The summed E-state index contributed by atoms with van der Waals surface area (Å²) in [4.78, 5) is 30.1. The first-order valence-electron chi connectivity index (χ1n) is 6.31. The standard InChI is InChI=1S/C12H21N5O2/c1-4-7(2)9(17-12(13)19)11(18)16-8(3)10-14-5-6-15-10/h5-9H,4H2,1-3H3,(H,14,15)(H,16,18)(H3,13,17,19). The van der Waals surface area contributed by atoms with Crippen LogP contribution in [0.25, 0.3) is 0 Å². The summed E-state index contributed by atoms with van der Waals surface area (Å²) in [5.74, 6) is 0.392. The second-order valence-electron chi connectivity index (χ2n) is 4.58. The highest BCUT2D eigenvalue weighted by molar-refractivity contribution is 5.86. The number of nitrogens with one attached hydrogen (secondary N) is 3. The molecule has 7 heteroatoms. The maximum Gasteiger partial charge on any atom is 0.312 e. The number of carbonyl (C=O) groups excluding carboxylic acids is 2. The van der Waals surface area contributed by atoms with Gasteiger partial charge in [0.25, 0.3) is 0 Å². The molecule has 3 unspecified atom stereocenters. The van der Waals surface area contributed by atoms with Crippen LogP contribution < -0.4 is 16.4 Å². The molecule has 0 fully saturated rings. The molecular formula is C12H21N5O2. The summed E-state index contributed by atoms with van der Waals surface area (Å²) in [5.41, 5.74) is 5.10. The minimum absolute atomic E-state index is 0.00342. The molecule has 106 valence electrons. The summed E-state index contributed by atoms with van der Waals surface area (Å²) in [5, 5.41) is 5.28. The predicted molar refractivity (Wildman–Crippen MR) is 71.1 cm³/mol. The number of carbonyl (C=O) groups is 2. The second kappa shape index (κ2) is 6.77. The van der Waals surface area contributed by atoms with Gasteiger partial charge < -0.3 is 21.4 Å². The van der Waals surface area contributed by atoms with E-state index in [0.29, 0.717) is 5.82 Å². The Morgan fingerprint density at radius 3 is 2.58 bits per heavy atom. The Labute approximate surface area is 112 Å². The molecule has 1 rings (SSSR count). The van der Waals surface area contributed by atoms with Crippen molar-refractivity contribution in [2.75, 3.05) is 0 Å². The number of imidazole rings is 1. The van der Waals surface area contributed by atoms with E-state index in [1.54, 1.807) is 12.4 Å². The molecule has 0 saturated carbocycles. The minimum atomic E-state index is -0.703. The van der Waals surface area contributed by atoms with E-state index in [9.17, 15) is 9.59 Å². The van der Waals surface area contributed by atoms with Gasteiger partial charge in [0.1, 0.15) is 11.9 Å². The number of H-pyrrole nitrogens is 1. The second-order valence-corrected chi connectivity index (χ2v) is 4.58. The molecule has 0 radical (unpaired) electrons. The van der Waals surface area contributed by atoms with E-state index in [1.807, 2.05) is 20.8 Å². The lowest BCUT2D eigenvalue weighted by Gasteiger charge is -2.24. The fourth-order valence-electron chi connectivity index (χ4n) is 1.74. The Morgan fingerprint density at radius 1 is 1.42 bits per heavy atom. The van der Waals surface area contributed by atoms with Gasteiger partial charge in [-0.1, -0.05) is 20.3 Å². The molecule has 19 heavy (non-hydrogen) atoms. The van der Waals surface area contributed by atoms with Crippen LogP contribution in [0.1, 0.15) is 39.1 Å². The van der Waals surface area contributed by atoms with Gasteiger partial charge in [-0.25, -0.2) is 9.78 Å². The summed E-state index contributed by atoms with van der Waals surface area (Å²) >= 11 is 0. The number of nitrogens with zero attached hydrogens (tertiary/aromatic N) is 1. The van der Waals surface area contributed by atoms with Crippen LogP contribution in [0.5, 0.6) is 0 Å². The molecule has 0 aliphatic rings. The SMILES string of the molecule is CCC(C)C(NC(N)=O)C(=O)NC(C)c1ncc[nH]1. The molecule has 3 amide bonds. The Hall–Kier alpha value is -2.05. The maximum absolute atomic E-state index is 12.2. The van der Waals surface area contributed by atoms with E-state index in [2.05, 4.69) is 20.6 Å². The first-order valence-corrected chi connectivity index (χ1v) is 6.31. The van der Waals surface area contributed by atoms with Gasteiger partial charge in [-0.15, -0.1) is 0 Å². The Balaban J connectivity index is 2.68. The molecule has 0 saturated heterocycles. The minimum Gasteiger partial charge on any atom is -0.352 e. The van der Waals surface area contributed by atoms with Crippen molar-refractivity contribution in [2.45, 2.75) is 39.3 Å². The van der Waals surface area contributed by atoms with Crippen molar-refractivity contribution in [2.24, 2.45) is 11.7 Å². The van der Waals surface area contributed by atoms with Gasteiger partial charge in [0.15, 0.2) is 0 Å². The molecule has 1 heterocycles. The van der Waals surface area contributed by atoms with Crippen LogP contribution in [-0.4, -0.2) is 27.9 Å². The lowest BCUT2D eigenvalue weighted by molar-refractivity contribution is -0.124. The molecule has 5 N–H and O–H groups in total. The van der Waals surface area contributed by atoms with Crippen LogP contribution in [0, 0.1) is 5.92 Å². The molecule has 0 aliphatic carbocycles. The van der Waals surface area contributed by atoms with Crippen molar-refractivity contribution in [1.82, 2.24) is 20.6 Å². The molecule has 0 spiro atoms. The van der Waals surface area contributed by atoms with E-state index < -0.39 is 12.1 Å². The van der Waals surface area contributed by atoms with Crippen LogP contribution in [0.15, 0.2) is 12.4 Å². The fourth-order valence-corrected chi connectivity index (χ4v) is 1.74. The average molecular weight is 267 g/mol. The van der Waals surface area contributed by atoms with Gasteiger partial charge in [0, 0.05) is 12.4 Å². The highest BCUT2D eigenvalue weighted by Crippen LogP contribution is 2.11. The highest BCUT2D eigenvalue weighted by Gasteiger charge is 2.26. The first-order chi connectivity index (χ1) is 8.95. The normalized spacial score (nSPS) is 15.3. The predicted octanol–water partition coefficient (Wildman–Crippen LogP) is 0.670. The number of aromatic amines is 1. The number of nitrogens with two attached hydrogens (primary N) is 1. The maximum atomic E-state index is 12.2. The van der Waals surface area contributed by atoms with Crippen molar-refractivity contribution in [3.8, 4) is 0 Å². The summed E-state index contributed by atoms with van der Waals surface area (Å²) < 4.78 is 0. The molecule has 7 nitrogen and oxygen atoms in total. The van der Waals surface area contributed by atoms with Crippen molar-refractivity contribution < 1.29 is 9.59 Å². The zero-order valence-corrected chi connectivity index (χ0v) is 11.4. The van der Waals surface area contributed by atoms with Crippen LogP contribution in [0.2, 0.25) is 0 Å². The fraction of sp³-hybridized carbons (Fsp3) is 0.583. The number of primary amides is 1. The number of aromatic nitrogens is 2. The summed E-state index contributed by atoms with van der Waals surface area (Å²) in [6.07, 6.45) is 4.06. The van der Waals surface area contributed by atoms with Crippen molar-refractivity contribution in [1.29, 1.82) is 0 Å². The van der Waals surface area contributed by atoms with Crippen molar-refractivity contribution in [3.05, 3.63) is 18.2 Å². The van der Waals surface area contributed by atoms with E-state index in [-0.39, 0.29) is 17.9 Å². The zero-order valence-electron chi connectivity index (χ0n) is 11.4. The van der Waals surface area contributed by atoms with Gasteiger partial charge in [0.05, 0.1) is 6.04 Å². The zero-order chi connectivity index (χ0) is 14.4. The third-order valence-electron chi connectivity index (χ3n) is 3.08. The summed E-state index contributed by atoms with van der Waals surface area (Å²) in [6, 6.07) is -1.60. The van der Waals surface area contributed by atoms with Gasteiger partial charge in [-0.2, -0.15) is 0 Å². The summed E-state index contributed by atoms with van der Waals surface area (Å²) in [6.45, 7) is 5.65. The molecule has 3 atom stereocenters. The third kappa shape index (κ3) is 4.27. The summed E-state index contributed by atoms with van der Waals surface area (Å²) in [7, 11) is 0. The quantitative estimate of drug-likeness (QED) is 0.607. The van der Waals surface area contributed by atoms with E-state index in [0.717, 1.165) is 6.42 Å². The number of hydrogen-bond acceptors (Lipinski definition) is 3. The van der Waals surface area contributed by atoms with E-state index in [1.165, 1.54) is 0 Å². The number of amides is 3. The Kier molecular flexibility index (Phi) is 5.35. The molecular weight excluding hydrogens is 246 g/mol. The molecule has 1 aromatic heterocycles. The third-order valence-corrected chi connectivity index (χ3v) is 3.08. The first kappa shape index (κ1) is 15.0. The van der Waals surface area contributed by atoms with Gasteiger partial charge in [-0.05, 0) is 12.8 Å². The Bertz CT molecular complexity index is 418. The monoisotopic (exact) mass is 267 g/mol. The lowest BCUT2D eigenvalue weighted by atomic mass is 9.98. The number of urea groups is 1. The van der Waals surface area contributed by atoms with Crippen LogP contribution in [0.3, 0.4) is 0 Å². The van der Waals surface area contributed by atoms with Crippen LogP contribution in [0.4, 0.5) is 4.79 Å². The van der Waals surface area contributed by atoms with Crippen LogP contribution in [-0.2, 0) is 4.79 Å². The van der Waals surface area contributed by atoms with Crippen molar-refractivity contribution in [3.63, 3.8) is 0 Å². The van der Waals surface area contributed by atoms with Gasteiger partial charge in [-0.3, -0.25) is 4.79 Å². The topological polar surface area (TPSA) is 113 Å². The smallest absolute Gasteiger partial charge is 0.312 e. The largest absolute Gasteiger partial charge is 0.352 e. The highest BCUT2D eigenvalue weighted by atomic mass is 16.2. The van der Waals surface area contributed by atoms with E-state index in [4.69, 9.17) is 5.73 Å². The lowest BCUT2D eigenvalue weighted by Crippen LogP contribution is -2.52. The van der Waals surface area contributed by atoms with Gasteiger partial charge >= 0.3 is 6.03 Å². The molecule has 1 aromatic rings. The van der Waals surface area contributed by atoms with Gasteiger partial charge in [0.2, 0.25) is 5.91 Å². The van der Waals surface area contributed by atoms with Crippen LogP contribution >= 0.6 is 0 Å². The number of rotatable bonds is 6.